The van der Waals surface area contributed by atoms with E-state index in [0.717, 1.165) is 24.0 Å². The third kappa shape index (κ3) is 3.97. The number of nitrogens with zero attached hydrogens (tertiary/aromatic N) is 1. The van der Waals surface area contributed by atoms with Crippen molar-refractivity contribution in [2.24, 2.45) is 0 Å². The maximum Gasteiger partial charge on any atom is 0.251 e. The van der Waals surface area contributed by atoms with Crippen molar-refractivity contribution in [3.63, 3.8) is 0 Å². The number of rotatable bonds is 4. The second kappa shape index (κ2) is 7.09. The molecule has 1 heterocycles. The largest absolute Gasteiger partial charge is 0.397 e. The summed E-state index contributed by atoms with van der Waals surface area (Å²) in [7, 11) is 0. The molecule has 0 saturated heterocycles. The van der Waals surface area contributed by atoms with Crippen molar-refractivity contribution < 1.29 is 4.79 Å². The molecule has 0 atom stereocenters. The van der Waals surface area contributed by atoms with E-state index in [1.807, 2.05) is 30.3 Å². The normalized spacial score (nSPS) is 14.2. The van der Waals surface area contributed by atoms with E-state index in [1.54, 1.807) is 12.4 Å². The predicted octanol–water partition coefficient (Wildman–Crippen LogP) is 3.56. The van der Waals surface area contributed by atoms with Crippen molar-refractivity contribution in [1.82, 2.24) is 10.3 Å². The fourth-order valence-corrected chi connectivity index (χ4v) is 2.79. The number of aromatic nitrogens is 1. The number of carbonyl (C=O) groups is 1. The van der Waals surface area contributed by atoms with Crippen LogP contribution < -0.4 is 11.1 Å². The van der Waals surface area contributed by atoms with E-state index >= 15 is 0 Å². The lowest BCUT2D eigenvalue weighted by atomic mass is 9.99. The van der Waals surface area contributed by atoms with Gasteiger partial charge in [0, 0.05) is 30.1 Å². The Morgan fingerprint density at radius 1 is 1.13 bits per heavy atom. The van der Waals surface area contributed by atoms with Crippen LogP contribution in [0.15, 0.2) is 54.4 Å². The summed E-state index contributed by atoms with van der Waals surface area (Å²) < 4.78 is 0. The van der Waals surface area contributed by atoms with Gasteiger partial charge in [-0.2, -0.15) is 0 Å². The number of nitrogens with two attached hydrogens (primary N) is 1. The molecule has 0 bridgehead atoms. The van der Waals surface area contributed by atoms with Gasteiger partial charge < -0.3 is 11.1 Å². The quantitative estimate of drug-likeness (QED) is 0.849. The molecule has 0 radical (unpaired) electrons. The van der Waals surface area contributed by atoms with Crippen molar-refractivity contribution >= 4 is 11.6 Å². The first-order chi connectivity index (χ1) is 11.2. The van der Waals surface area contributed by atoms with Crippen LogP contribution in [0.3, 0.4) is 0 Å². The van der Waals surface area contributed by atoms with Gasteiger partial charge in [0.25, 0.3) is 5.91 Å². The highest BCUT2D eigenvalue weighted by atomic mass is 16.1. The number of hydrogen-bond acceptors (Lipinski definition) is 3. The van der Waals surface area contributed by atoms with Crippen molar-refractivity contribution in [3.8, 4) is 11.1 Å². The van der Waals surface area contributed by atoms with Gasteiger partial charge in [0.05, 0.1) is 5.69 Å². The highest BCUT2D eigenvalue weighted by Crippen LogP contribution is 2.21. The van der Waals surface area contributed by atoms with E-state index < -0.39 is 0 Å². The third-order valence-corrected chi connectivity index (χ3v) is 4.10. The fourth-order valence-electron chi connectivity index (χ4n) is 2.79. The Bertz CT molecular complexity index is 720. The van der Waals surface area contributed by atoms with Crippen molar-refractivity contribution in [1.29, 1.82) is 0 Å². The number of allylic oxidation sites excluding steroid dienone is 1. The number of carbonyl (C=O) groups excluding carboxylic acids is 1. The van der Waals surface area contributed by atoms with Gasteiger partial charge in [-0.15, -0.1) is 0 Å². The first-order valence-corrected chi connectivity index (χ1v) is 7.99. The van der Waals surface area contributed by atoms with Gasteiger partial charge in [0.15, 0.2) is 0 Å². The first-order valence-electron chi connectivity index (χ1n) is 7.99. The second-order valence-corrected chi connectivity index (χ2v) is 5.88. The number of hydrogen-bond donors (Lipinski definition) is 2. The van der Waals surface area contributed by atoms with Crippen LogP contribution in [-0.2, 0) is 0 Å². The average Bonchev–Trinajstić information content (AvgIpc) is 2.61. The Morgan fingerprint density at radius 2 is 1.96 bits per heavy atom. The Balaban J connectivity index is 1.64. The van der Waals surface area contributed by atoms with Crippen LogP contribution in [0.25, 0.3) is 11.1 Å². The van der Waals surface area contributed by atoms with E-state index in [4.69, 9.17) is 5.73 Å². The molecule has 3 N–H and O–H groups in total. The van der Waals surface area contributed by atoms with Gasteiger partial charge in [-0.3, -0.25) is 9.78 Å². The molecule has 1 aliphatic rings. The minimum absolute atomic E-state index is 0.0336. The summed E-state index contributed by atoms with van der Waals surface area (Å²) in [6.45, 7) is 0.653. The minimum Gasteiger partial charge on any atom is -0.397 e. The average molecular weight is 307 g/mol. The number of benzene rings is 1. The molecule has 118 valence electrons. The molecular weight excluding hydrogens is 286 g/mol. The van der Waals surface area contributed by atoms with Crippen LogP contribution in [0.4, 0.5) is 5.69 Å². The Labute approximate surface area is 136 Å². The molecule has 0 unspecified atom stereocenters. The molecule has 3 rings (SSSR count). The van der Waals surface area contributed by atoms with Crippen LogP contribution in [0.2, 0.25) is 0 Å². The maximum atomic E-state index is 12.2. The lowest BCUT2D eigenvalue weighted by Crippen LogP contribution is -2.26. The van der Waals surface area contributed by atoms with Crippen LogP contribution >= 0.6 is 0 Å². The first kappa shape index (κ1) is 15.3. The van der Waals surface area contributed by atoms with E-state index in [9.17, 15) is 4.79 Å². The predicted molar refractivity (Wildman–Crippen MR) is 93.0 cm³/mol. The van der Waals surface area contributed by atoms with E-state index in [1.165, 1.54) is 18.4 Å². The number of anilines is 1. The van der Waals surface area contributed by atoms with Gasteiger partial charge in [0.2, 0.25) is 0 Å². The fraction of sp³-hybridized carbons (Fsp3) is 0.263. The van der Waals surface area contributed by atoms with Gasteiger partial charge in [-0.05, 0) is 49.4 Å². The summed E-state index contributed by atoms with van der Waals surface area (Å²) in [5, 5.41) is 3.00. The van der Waals surface area contributed by atoms with Crippen LogP contribution in [0, 0.1) is 0 Å². The smallest absolute Gasteiger partial charge is 0.251 e. The highest BCUT2D eigenvalue weighted by molar-refractivity contribution is 5.94. The third-order valence-electron chi connectivity index (χ3n) is 4.10. The van der Waals surface area contributed by atoms with E-state index in [0.29, 0.717) is 17.8 Å². The summed E-state index contributed by atoms with van der Waals surface area (Å²) in [6.07, 6.45) is 10.4. The summed E-state index contributed by atoms with van der Waals surface area (Å²) in [5.41, 5.74) is 10.3. The number of pyridine rings is 1. The van der Waals surface area contributed by atoms with Crippen LogP contribution in [-0.4, -0.2) is 17.4 Å². The molecule has 1 aromatic carbocycles. The Morgan fingerprint density at radius 3 is 2.65 bits per heavy atom. The molecular formula is C19H21N3O. The van der Waals surface area contributed by atoms with Gasteiger partial charge in [-0.25, -0.2) is 0 Å². The zero-order chi connectivity index (χ0) is 16.1. The Kier molecular flexibility index (Phi) is 4.71. The molecule has 1 aliphatic carbocycles. The van der Waals surface area contributed by atoms with Crippen molar-refractivity contribution in [2.45, 2.75) is 25.7 Å². The van der Waals surface area contributed by atoms with Gasteiger partial charge >= 0.3 is 0 Å². The molecule has 1 aromatic heterocycles. The zero-order valence-corrected chi connectivity index (χ0v) is 13.1. The van der Waals surface area contributed by atoms with E-state index in [-0.39, 0.29) is 5.91 Å². The molecule has 2 aromatic rings. The molecule has 4 nitrogen and oxygen atoms in total. The number of nitrogens with one attached hydrogen (secondary N) is 1. The molecule has 1 amide bonds. The van der Waals surface area contributed by atoms with E-state index in [2.05, 4.69) is 16.4 Å². The zero-order valence-electron chi connectivity index (χ0n) is 13.1. The summed E-state index contributed by atoms with van der Waals surface area (Å²) in [5.74, 6) is -0.0336. The molecule has 23 heavy (non-hydrogen) atoms. The summed E-state index contributed by atoms with van der Waals surface area (Å²) in [4.78, 5) is 16.3. The minimum atomic E-state index is -0.0336. The van der Waals surface area contributed by atoms with Crippen molar-refractivity contribution in [2.75, 3.05) is 12.3 Å². The molecule has 0 spiro atoms. The summed E-state index contributed by atoms with van der Waals surface area (Å²) in [6, 6.07) is 9.39. The molecule has 0 saturated carbocycles. The standard InChI is InChI=1S/C19H21N3O/c20-18-10-17(12-21-13-18)15-6-8-16(9-7-15)19(23)22-11-14-4-2-1-3-5-14/h4,6-10,12-13H,1-3,5,11,20H2,(H,22,23). The van der Waals surface area contributed by atoms with Crippen LogP contribution in [0.5, 0.6) is 0 Å². The summed E-state index contributed by atoms with van der Waals surface area (Å²) >= 11 is 0. The maximum absolute atomic E-state index is 12.2. The number of nitrogen functional groups attached to an aromatic ring is 1. The molecule has 0 fully saturated rings. The monoisotopic (exact) mass is 307 g/mol. The Hall–Kier alpha value is -2.62. The van der Waals surface area contributed by atoms with Gasteiger partial charge in [-0.1, -0.05) is 23.8 Å². The molecule has 0 aliphatic heterocycles. The van der Waals surface area contributed by atoms with Gasteiger partial charge in [0.1, 0.15) is 0 Å². The topological polar surface area (TPSA) is 68.0 Å². The van der Waals surface area contributed by atoms with Crippen LogP contribution in [0.1, 0.15) is 36.0 Å². The molecule has 4 heteroatoms. The SMILES string of the molecule is Nc1cncc(-c2ccc(C(=O)NCC3=CCCCC3)cc2)c1. The number of amides is 1. The van der Waals surface area contributed by atoms with Crippen molar-refractivity contribution in [3.05, 3.63) is 59.9 Å². The second-order valence-electron chi connectivity index (χ2n) is 5.88. The lowest BCUT2D eigenvalue weighted by Gasteiger charge is -2.13. The lowest BCUT2D eigenvalue weighted by molar-refractivity contribution is 0.0956. The highest BCUT2D eigenvalue weighted by Gasteiger charge is 2.08.